The number of carbonyl (C=O) groups is 1. The summed E-state index contributed by atoms with van der Waals surface area (Å²) in [5.74, 6) is -0.159. The van der Waals surface area contributed by atoms with Gasteiger partial charge in [-0.15, -0.1) is 0 Å². The summed E-state index contributed by atoms with van der Waals surface area (Å²) in [4.78, 5) is 13.3. The largest absolute Gasteiger partial charge is 0.508 e. The predicted molar refractivity (Wildman–Crippen MR) is 70.0 cm³/mol. The lowest BCUT2D eigenvalue weighted by molar-refractivity contribution is 0.0597. The Morgan fingerprint density at radius 3 is 2.67 bits per heavy atom. The van der Waals surface area contributed by atoms with Gasteiger partial charge in [0.1, 0.15) is 5.75 Å². The molecule has 0 radical (unpaired) electrons. The van der Waals surface area contributed by atoms with E-state index in [9.17, 15) is 9.90 Å². The topological polar surface area (TPSA) is 46.5 Å². The van der Waals surface area contributed by atoms with Crippen molar-refractivity contribution in [1.29, 1.82) is 0 Å². The van der Waals surface area contributed by atoms with Gasteiger partial charge < -0.3 is 9.84 Å². The summed E-state index contributed by atoms with van der Waals surface area (Å²) in [5, 5.41) is 9.41. The summed E-state index contributed by atoms with van der Waals surface area (Å²) >= 11 is 1.41. The summed E-state index contributed by atoms with van der Waals surface area (Å²) < 4.78 is 4.74. The summed E-state index contributed by atoms with van der Waals surface area (Å²) in [6.07, 6.45) is 0. The molecule has 0 atom stereocenters. The van der Waals surface area contributed by atoms with Crippen LogP contribution in [0.25, 0.3) is 0 Å². The highest BCUT2D eigenvalue weighted by Crippen LogP contribution is 2.32. The Balaban J connectivity index is 2.32. The van der Waals surface area contributed by atoms with Gasteiger partial charge in [0.05, 0.1) is 12.7 Å². The highest BCUT2D eigenvalue weighted by molar-refractivity contribution is 7.99. The van der Waals surface area contributed by atoms with Crippen LogP contribution in [-0.4, -0.2) is 18.2 Å². The normalized spacial score (nSPS) is 10.1. The predicted octanol–water partition coefficient (Wildman–Crippen LogP) is 3.33. The Morgan fingerprint density at radius 2 is 1.94 bits per heavy atom. The molecule has 18 heavy (non-hydrogen) atoms. The summed E-state index contributed by atoms with van der Waals surface area (Å²) in [5.41, 5.74) is 0.522. The minimum Gasteiger partial charge on any atom is -0.508 e. The average molecular weight is 260 g/mol. The van der Waals surface area contributed by atoms with E-state index in [1.54, 1.807) is 30.3 Å². The number of ether oxygens (including phenoxy) is 1. The van der Waals surface area contributed by atoms with Crippen LogP contribution in [0, 0.1) is 0 Å². The molecule has 1 N–H and O–H groups in total. The van der Waals surface area contributed by atoms with Gasteiger partial charge in [-0.2, -0.15) is 0 Å². The molecular weight excluding hydrogens is 248 g/mol. The number of phenolic OH excluding ortho intramolecular Hbond substituents is 1. The van der Waals surface area contributed by atoms with E-state index < -0.39 is 0 Å². The van der Waals surface area contributed by atoms with Gasteiger partial charge in [0, 0.05) is 9.79 Å². The van der Waals surface area contributed by atoms with Crippen LogP contribution >= 0.6 is 11.8 Å². The molecule has 0 spiro atoms. The van der Waals surface area contributed by atoms with E-state index in [0.29, 0.717) is 5.56 Å². The molecule has 0 bridgehead atoms. The quantitative estimate of drug-likeness (QED) is 0.860. The maximum atomic E-state index is 11.6. The molecule has 0 aliphatic rings. The molecule has 0 saturated heterocycles. The first kappa shape index (κ1) is 12.5. The van der Waals surface area contributed by atoms with Crippen molar-refractivity contribution in [2.45, 2.75) is 9.79 Å². The molecule has 0 unspecified atom stereocenters. The Kier molecular flexibility index (Phi) is 3.89. The van der Waals surface area contributed by atoms with Crippen molar-refractivity contribution in [3.63, 3.8) is 0 Å². The minimum absolute atomic E-state index is 0.204. The standard InChI is InChI=1S/C14H12O3S/c1-17-14(16)12-7-2-3-8-13(12)18-11-6-4-5-10(15)9-11/h2-9,15H,1H3. The molecule has 0 heterocycles. The summed E-state index contributed by atoms with van der Waals surface area (Å²) in [6.45, 7) is 0. The molecule has 2 rings (SSSR count). The molecule has 2 aromatic carbocycles. The third-order valence-electron chi connectivity index (χ3n) is 2.34. The zero-order valence-electron chi connectivity index (χ0n) is 9.79. The van der Waals surface area contributed by atoms with Crippen molar-refractivity contribution in [1.82, 2.24) is 0 Å². The SMILES string of the molecule is COC(=O)c1ccccc1Sc1cccc(O)c1. The Bertz CT molecular complexity index is 566. The van der Waals surface area contributed by atoms with E-state index in [0.717, 1.165) is 9.79 Å². The summed E-state index contributed by atoms with van der Waals surface area (Å²) in [7, 11) is 1.36. The van der Waals surface area contributed by atoms with E-state index >= 15 is 0 Å². The maximum absolute atomic E-state index is 11.6. The summed E-state index contributed by atoms with van der Waals surface area (Å²) in [6, 6.07) is 14.1. The number of rotatable bonds is 3. The lowest BCUT2D eigenvalue weighted by atomic mass is 10.2. The molecule has 0 aliphatic heterocycles. The number of hydrogen-bond acceptors (Lipinski definition) is 4. The van der Waals surface area contributed by atoms with Crippen LogP contribution < -0.4 is 0 Å². The number of phenols is 1. The third kappa shape index (κ3) is 2.84. The second-order valence-electron chi connectivity index (χ2n) is 3.59. The molecule has 0 aliphatic carbocycles. The van der Waals surface area contributed by atoms with E-state index in [2.05, 4.69) is 0 Å². The first-order chi connectivity index (χ1) is 8.70. The second-order valence-corrected chi connectivity index (χ2v) is 4.70. The van der Waals surface area contributed by atoms with Crippen molar-refractivity contribution >= 4 is 17.7 Å². The fourth-order valence-corrected chi connectivity index (χ4v) is 2.50. The van der Waals surface area contributed by atoms with Gasteiger partial charge in [-0.3, -0.25) is 0 Å². The van der Waals surface area contributed by atoms with Crippen LogP contribution in [0.2, 0.25) is 0 Å². The zero-order chi connectivity index (χ0) is 13.0. The zero-order valence-corrected chi connectivity index (χ0v) is 10.6. The lowest BCUT2D eigenvalue weighted by Crippen LogP contribution is -2.02. The van der Waals surface area contributed by atoms with Gasteiger partial charge in [0.25, 0.3) is 0 Å². The Hall–Kier alpha value is -1.94. The monoisotopic (exact) mass is 260 g/mol. The number of carbonyl (C=O) groups excluding carboxylic acids is 1. The lowest BCUT2D eigenvalue weighted by Gasteiger charge is -2.07. The van der Waals surface area contributed by atoms with E-state index in [1.165, 1.54) is 18.9 Å². The van der Waals surface area contributed by atoms with Crippen LogP contribution in [0.3, 0.4) is 0 Å². The van der Waals surface area contributed by atoms with Crippen molar-refractivity contribution in [3.8, 4) is 5.75 Å². The number of hydrogen-bond donors (Lipinski definition) is 1. The molecule has 4 heteroatoms. The van der Waals surface area contributed by atoms with Gasteiger partial charge in [0.15, 0.2) is 0 Å². The number of esters is 1. The van der Waals surface area contributed by atoms with E-state index in [-0.39, 0.29) is 11.7 Å². The highest BCUT2D eigenvalue weighted by Gasteiger charge is 2.11. The smallest absolute Gasteiger partial charge is 0.339 e. The van der Waals surface area contributed by atoms with Crippen LogP contribution in [0.4, 0.5) is 0 Å². The van der Waals surface area contributed by atoms with Crippen molar-refractivity contribution in [2.75, 3.05) is 7.11 Å². The number of aromatic hydroxyl groups is 1. The Morgan fingerprint density at radius 1 is 1.17 bits per heavy atom. The molecule has 0 saturated carbocycles. The molecule has 3 nitrogen and oxygen atoms in total. The minimum atomic E-state index is -0.363. The third-order valence-corrected chi connectivity index (χ3v) is 3.40. The van der Waals surface area contributed by atoms with Gasteiger partial charge in [0.2, 0.25) is 0 Å². The van der Waals surface area contributed by atoms with Gasteiger partial charge >= 0.3 is 5.97 Å². The molecule has 0 fully saturated rings. The van der Waals surface area contributed by atoms with Crippen molar-refractivity contribution in [3.05, 3.63) is 54.1 Å². The number of benzene rings is 2. The molecule has 0 aromatic heterocycles. The molecule has 0 amide bonds. The van der Waals surface area contributed by atoms with Crippen LogP contribution in [0.5, 0.6) is 5.75 Å². The molecule has 92 valence electrons. The van der Waals surface area contributed by atoms with Crippen LogP contribution in [0.1, 0.15) is 10.4 Å². The fraction of sp³-hybridized carbons (Fsp3) is 0.0714. The van der Waals surface area contributed by atoms with Gasteiger partial charge in [-0.05, 0) is 30.3 Å². The average Bonchev–Trinajstić information content (AvgIpc) is 2.38. The van der Waals surface area contributed by atoms with Crippen molar-refractivity contribution in [2.24, 2.45) is 0 Å². The van der Waals surface area contributed by atoms with E-state index in [4.69, 9.17) is 4.74 Å². The van der Waals surface area contributed by atoms with Gasteiger partial charge in [-0.1, -0.05) is 30.0 Å². The second kappa shape index (κ2) is 5.60. The van der Waals surface area contributed by atoms with Crippen LogP contribution in [-0.2, 0) is 4.74 Å². The van der Waals surface area contributed by atoms with Crippen LogP contribution in [0.15, 0.2) is 58.3 Å². The van der Waals surface area contributed by atoms with Crippen molar-refractivity contribution < 1.29 is 14.6 Å². The molecular formula is C14H12O3S. The fourth-order valence-electron chi connectivity index (χ4n) is 1.51. The van der Waals surface area contributed by atoms with E-state index in [1.807, 2.05) is 18.2 Å². The number of methoxy groups -OCH3 is 1. The van der Waals surface area contributed by atoms with Gasteiger partial charge in [-0.25, -0.2) is 4.79 Å². The maximum Gasteiger partial charge on any atom is 0.339 e. The molecule has 2 aromatic rings. The highest BCUT2D eigenvalue weighted by atomic mass is 32.2. The Labute approximate surface area is 109 Å². The first-order valence-corrected chi connectivity index (χ1v) is 6.16. The first-order valence-electron chi connectivity index (χ1n) is 5.35.